The second kappa shape index (κ2) is 10.2. The lowest BCUT2D eigenvalue weighted by molar-refractivity contribution is 0.290. The van der Waals surface area contributed by atoms with Crippen LogP contribution in [0.1, 0.15) is 24.0 Å². The van der Waals surface area contributed by atoms with Crippen LogP contribution < -0.4 is 14.8 Å². The molecule has 29 heavy (non-hydrogen) atoms. The minimum atomic E-state index is -0.292. The number of hydrogen-bond acceptors (Lipinski definition) is 5. The summed E-state index contributed by atoms with van der Waals surface area (Å²) in [7, 11) is 1.59. The highest BCUT2D eigenvalue weighted by atomic mass is 19.1. The third-order valence-corrected chi connectivity index (χ3v) is 4.37. The summed E-state index contributed by atoms with van der Waals surface area (Å²) in [6.45, 7) is 1.60. The molecule has 0 saturated carbocycles. The second-order valence-corrected chi connectivity index (χ2v) is 6.45. The Kier molecular flexibility index (Phi) is 7.20. The van der Waals surface area contributed by atoms with Crippen molar-refractivity contribution in [2.45, 2.75) is 25.9 Å². The molecule has 0 aliphatic heterocycles. The third-order valence-electron chi connectivity index (χ3n) is 4.37. The van der Waals surface area contributed by atoms with Gasteiger partial charge >= 0.3 is 0 Å². The van der Waals surface area contributed by atoms with Crippen LogP contribution in [-0.4, -0.2) is 23.3 Å². The molecule has 3 rings (SSSR count). The molecule has 0 amide bonds. The van der Waals surface area contributed by atoms with E-state index < -0.39 is 0 Å². The van der Waals surface area contributed by atoms with Crippen molar-refractivity contribution in [3.05, 3.63) is 72.1 Å². The minimum Gasteiger partial charge on any atom is -0.493 e. The summed E-state index contributed by atoms with van der Waals surface area (Å²) in [6.07, 6.45) is 6.02. The van der Waals surface area contributed by atoms with Gasteiger partial charge in [0.15, 0.2) is 11.5 Å². The molecule has 0 bridgehead atoms. The molecule has 0 aliphatic rings. The van der Waals surface area contributed by atoms with E-state index in [4.69, 9.17) is 14.7 Å². The number of unbranched alkanes of at least 4 members (excludes halogenated alkanes) is 1. The van der Waals surface area contributed by atoms with Crippen LogP contribution in [0, 0.1) is 17.1 Å². The van der Waals surface area contributed by atoms with Gasteiger partial charge in [-0.15, -0.1) is 0 Å². The van der Waals surface area contributed by atoms with Gasteiger partial charge < -0.3 is 19.4 Å². The number of nitrogens with one attached hydrogen (secondary N) is 1. The van der Waals surface area contributed by atoms with Gasteiger partial charge in [0.05, 0.1) is 31.8 Å². The first kappa shape index (κ1) is 20.4. The van der Waals surface area contributed by atoms with Gasteiger partial charge in [-0.2, -0.15) is 5.26 Å². The number of hydrogen-bond donors (Lipinski definition) is 1. The van der Waals surface area contributed by atoms with E-state index in [1.165, 1.54) is 6.07 Å². The molecule has 0 radical (unpaired) electrons. The molecule has 6 nitrogen and oxygen atoms in total. The van der Waals surface area contributed by atoms with Crippen LogP contribution in [0.3, 0.4) is 0 Å². The number of nitriles is 1. The minimum absolute atomic E-state index is 0.292. The van der Waals surface area contributed by atoms with Crippen molar-refractivity contribution in [2.75, 3.05) is 13.7 Å². The maximum atomic E-state index is 14.3. The molecule has 1 aromatic heterocycles. The van der Waals surface area contributed by atoms with Gasteiger partial charge in [-0.05, 0) is 41.8 Å². The number of ether oxygens (including phenoxy) is 2. The Labute approximate surface area is 169 Å². The van der Waals surface area contributed by atoms with E-state index in [9.17, 15) is 4.39 Å². The van der Waals surface area contributed by atoms with Crippen LogP contribution in [0.15, 0.2) is 55.1 Å². The average molecular weight is 394 g/mol. The number of benzene rings is 2. The van der Waals surface area contributed by atoms with Crippen LogP contribution in [0.25, 0.3) is 5.69 Å². The average Bonchev–Trinajstić information content (AvgIpc) is 3.26. The molecular weight excluding hydrogens is 371 g/mol. The number of nitrogens with zero attached hydrogens (tertiary/aromatic N) is 3. The first-order valence-electron chi connectivity index (χ1n) is 9.35. The summed E-state index contributed by atoms with van der Waals surface area (Å²) in [6, 6.07) is 13.0. The Balaban J connectivity index is 1.57. The van der Waals surface area contributed by atoms with Crippen molar-refractivity contribution >= 4 is 0 Å². The molecule has 0 fully saturated rings. The standard InChI is InChI=1S/C22H23FN4O2/c1-28-21-7-5-18(13-22(21)29-11-3-2-8-24)15-26-14-17-4-6-20(19(23)12-17)27-10-9-25-16-27/h4-7,9-10,12-13,16,26H,2-3,11,14-15H2,1H3. The fourth-order valence-corrected chi connectivity index (χ4v) is 2.90. The predicted octanol–water partition coefficient (Wildman–Crippen LogP) is 3.99. The zero-order chi connectivity index (χ0) is 20.5. The topological polar surface area (TPSA) is 72.1 Å². The van der Waals surface area contributed by atoms with E-state index in [0.717, 1.165) is 11.1 Å². The normalized spacial score (nSPS) is 10.5. The highest BCUT2D eigenvalue weighted by Crippen LogP contribution is 2.28. The summed E-state index contributed by atoms with van der Waals surface area (Å²) in [4.78, 5) is 3.94. The predicted molar refractivity (Wildman–Crippen MR) is 107 cm³/mol. The van der Waals surface area contributed by atoms with E-state index in [2.05, 4.69) is 16.4 Å². The Morgan fingerprint density at radius 2 is 1.93 bits per heavy atom. The van der Waals surface area contributed by atoms with Gasteiger partial charge in [0, 0.05) is 31.9 Å². The molecule has 2 aromatic carbocycles. The Hall–Kier alpha value is -3.37. The maximum absolute atomic E-state index is 14.3. The Morgan fingerprint density at radius 3 is 2.62 bits per heavy atom. The highest BCUT2D eigenvalue weighted by Gasteiger charge is 2.08. The van der Waals surface area contributed by atoms with Crippen molar-refractivity contribution in [1.82, 2.24) is 14.9 Å². The first-order valence-corrected chi connectivity index (χ1v) is 9.35. The lowest BCUT2D eigenvalue weighted by Gasteiger charge is -2.13. The smallest absolute Gasteiger partial charge is 0.161 e. The van der Waals surface area contributed by atoms with Crippen molar-refractivity contribution in [3.8, 4) is 23.3 Å². The molecule has 3 aromatic rings. The quantitative estimate of drug-likeness (QED) is 0.527. The number of aromatic nitrogens is 2. The summed E-state index contributed by atoms with van der Waals surface area (Å²) >= 11 is 0. The van der Waals surface area contributed by atoms with Gasteiger partial charge in [0.1, 0.15) is 5.82 Å². The van der Waals surface area contributed by atoms with Gasteiger partial charge in [0.25, 0.3) is 0 Å². The highest BCUT2D eigenvalue weighted by molar-refractivity contribution is 5.43. The lowest BCUT2D eigenvalue weighted by Crippen LogP contribution is -2.13. The fourth-order valence-electron chi connectivity index (χ4n) is 2.90. The number of rotatable bonds is 10. The zero-order valence-electron chi connectivity index (χ0n) is 16.3. The monoisotopic (exact) mass is 394 g/mol. The van der Waals surface area contributed by atoms with Crippen molar-refractivity contribution in [3.63, 3.8) is 0 Å². The maximum Gasteiger partial charge on any atom is 0.161 e. The molecule has 0 unspecified atom stereocenters. The van der Waals surface area contributed by atoms with E-state index >= 15 is 0 Å². The van der Waals surface area contributed by atoms with Crippen LogP contribution in [0.2, 0.25) is 0 Å². The van der Waals surface area contributed by atoms with E-state index in [-0.39, 0.29) is 5.82 Å². The van der Waals surface area contributed by atoms with Crippen molar-refractivity contribution in [2.24, 2.45) is 0 Å². The number of imidazole rings is 1. The molecule has 7 heteroatoms. The molecule has 1 N–H and O–H groups in total. The molecule has 0 saturated heterocycles. The fraction of sp³-hybridized carbons (Fsp3) is 0.273. The second-order valence-electron chi connectivity index (χ2n) is 6.45. The number of methoxy groups -OCH3 is 1. The van der Waals surface area contributed by atoms with Crippen molar-refractivity contribution in [1.29, 1.82) is 5.26 Å². The molecule has 0 atom stereocenters. The summed E-state index contributed by atoms with van der Waals surface area (Å²) in [5.74, 6) is 1.02. The molecular formula is C22H23FN4O2. The molecule has 0 aliphatic carbocycles. The van der Waals surface area contributed by atoms with Gasteiger partial charge in [-0.25, -0.2) is 9.37 Å². The van der Waals surface area contributed by atoms with E-state index in [1.807, 2.05) is 24.3 Å². The van der Waals surface area contributed by atoms with Crippen LogP contribution in [0.5, 0.6) is 11.5 Å². The Bertz CT molecular complexity index is 967. The first-order chi connectivity index (χ1) is 14.2. The van der Waals surface area contributed by atoms with Gasteiger partial charge in [-0.1, -0.05) is 12.1 Å². The van der Waals surface area contributed by atoms with Crippen LogP contribution in [0.4, 0.5) is 4.39 Å². The van der Waals surface area contributed by atoms with Crippen molar-refractivity contribution < 1.29 is 13.9 Å². The molecule has 150 valence electrons. The molecule has 1 heterocycles. The number of halogens is 1. The van der Waals surface area contributed by atoms with E-state index in [0.29, 0.717) is 49.7 Å². The van der Waals surface area contributed by atoms with Gasteiger partial charge in [0.2, 0.25) is 0 Å². The zero-order valence-corrected chi connectivity index (χ0v) is 16.3. The summed E-state index contributed by atoms with van der Waals surface area (Å²) < 4.78 is 27.1. The summed E-state index contributed by atoms with van der Waals surface area (Å²) in [5.41, 5.74) is 2.35. The third kappa shape index (κ3) is 5.56. The largest absolute Gasteiger partial charge is 0.493 e. The summed E-state index contributed by atoms with van der Waals surface area (Å²) in [5, 5.41) is 11.9. The van der Waals surface area contributed by atoms with E-state index in [1.54, 1.807) is 36.5 Å². The molecule has 0 spiro atoms. The van der Waals surface area contributed by atoms with Crippen LogP contribution >= 0.6 is 0 Å². The SMILES string of the molecule is COc1ccc(CNCc2ccc(-n3ccnc3)c(F)c2)cc1OCCCC#N. The lowest BCUT2D eigenvalue weighted by atomic mass is 10.1. The Morgan fingerprint density at radius 1 is 1.14 bits per heavy atom. The van der Waals surface area contributed by atoms with Gasteiger partial charge in [-0.3, -0.25) is 0 Å². The van der Waals surface area contributed by atoms with Crippen LogP contribution in [-0.2, 0) is 13.1 Å².